The highest BCUT2D eigenvalue weighted by molar-refractivity contribution is 5.93. The number of benzene rings is 2. The number of rotatable bonds is 4. The van der Waals surface area contributed by atoms with E-state index in [0.717, 1.165) is 15.7 Å². The van der Waals surface area contributed by atoms with Crippen molar-refractivity contribution in [1.29, 1.82) is 0 Å². The second-order valence-electron chi connectivity index (χ2n) is 6.60. The summed E-state index contributed by atoms with van der Waals surface area (Å²) in [7, 11) is 1.54. The molecule has 2 heterocycles. The number of aromatic carboxylic acids is 1. The maximum absolute atomic E-state index is 12.9. The first-order chi connectivity index (χ1) is 13.8. The minimum atomic E-state index is -1.14. The second-order valence-corrected chi connectivity index (χ2v) is 6.60. The van der Waals surface area contributed by atoms with E-state index in [2.05, 4.69) is 10.1 Å². The molecule has 9 nitrogen and oxygen atoms in total. The van der Waals surface area contributed by atoms with Crippen LogP contribution < -0.4 is 11.2 Å². The van der Waals surface area contributed by atoms with Crippen LogP contribution in [0.5, 0.6) is 0 Å². The van der Waals surface area contributed by atoms with Crippen LogP contribution in [0.3, 0.4) is 0 Å². The van der Waals surface area contributed by atoms with Crippen molar-refractivity contribution in [3.63, 3.8) is 0 Å². The standard InChI is InChI=1S/C20H16N4O5/c1-11-21-17(22-29-11)13-5-3-12(4-6-13)10-24-18(25)15-9-14(19(26)27)7-8-16(15)23(2)20(24)28/h3-9H,10H2,1-2H3,(H,26,27). The lowest BCUT2D eigenvalue weighted by Crippen LogP contribution is -2.39. The molecule has 1 N–H and O–H groups in total. The van der Waals surface area contributed by atoms with Gasteiger partial charge in [0.1, 0.15) is 0 Å². The van der Waals surface area contributed by atoms with Crippen molar-refractivity contribution < 1.29 is 14.4 Å². The van der Waals surface area contributed by atoms with Gasteiger partial charge in [0.25, 0.3) is 5.56 Å². The van der Waals surface area contributed by atoms with Gasteiger partial charge in [-0.25, -0.2) is 9.59 Å². The number of aryl methyl sites for hydroxylation is 2. The smallest absolute Gasteiger partial charge is 0.335 e. The van der Waals surface area contributed by atoms with Gasteiger partial charge in [-0.1, -0.05) is 29.4 Å². The molecular formula is C20H16N4O5. The summed E-state index contributed by atoms with van der Waals surface area (Å²) in [6.07, 6.45) is 0. The van der Waals surface area contributed by atoms with Crippen LogP contribution in [0.15, 0.2) is 56.6 Å². The molecule has 0 amide bonds. The van der Waals surface area contributed by atoms with Crippen LogP contribution in [0.4, 0.5) is 0 Å². The third-order valence-corrected chi connectivity index (χ3v) is 4.68. The van der Waals surface area contributed by atoms with Crippen LogP contribution in [0.25, 0.3) is 22.3 Å². The molecule has 0 saturated heterocycles. The average Bonchev–Trinajstić information content (AvgIpc) is 3.16. The Morgan fingerprint density at radius 2 is 1.86 bits per heavy atom. The summed E-state index contributed by atoms with van der Waals surface area (Å²) < 4.78 is 7.38. The van der Waals surface area contributed by atoms with Gasteiger partial charge in [0.15, 0.2) is 0 Å². The van der Waals surface area contributed by atoms with Crippen LogP contribution in [-0.4, -0.2) is 30.4 Å². The minimum Gasteiger partial charge on any atom is -0.478 e. The fraction of sp³-hybridized carbons (Fsp3) is 0.150. The molecule has 2 aromatic heterocycles. The SMILES string of the molecule is Cc1nc(-c2ccc(Cn3c(=O)c4cc(C(=O)O)ccc4n(C)c3=O)cc2)no1. The molecule has 0 aliphatic heterocycles. The maximum atomic E-state index is 12.9. The number of hydrogen-bond donors (Lipinski definition) is 1. The summed E-state index contributed by atoms with van der Waals surface area (Å²) in [5.74, 6) is -0.232. The van der Waals surface area contributed by atoms with Gasteiger partial charge >= 0.3 is 11.7 Å². The van der Waals surface area contributed by atoms with Gasteiger partial charge in [0, 0.05) is 19.5 Å². The van der Waals surface area contributed by atoms with E-state index >= 15 is 0 Å². The topological polar surface area (TPSA) is 120 Å². The van der Waals surface area contributed by atoms with Gasteiger partial charge in [0.05, 0.1) is 23.0 Å². The van der Waals surface area contributed by atoms with Crippen LogP contribution in [-0.2, 0) is 13.6 Å². The van der Waals surface area contributed by atoms with Gasteiger partial charge in [-0.05, 0) is 23.8 Å². The van der Waals surface area contributed by atoms with Gasteiger partial charge in [-0.3, -0.25) is 13.9 Å². The summed E-state index contributed by atoms with van der Waals surface area (Å²) in [4.78, 5) is 41.0. The number of carboxylic acid groups (broad SMARTS) is 1. The predicted molar refractivity (Wildman–Crippen MR) is 104 cm³/mol. The van der Waals surface area contributed by atoms with Crippen molar-refractivity contribution >= 4 is 16.9 Å². The summed E-state index contributed by atoms with van der Waals surface area (Å²) in [6.45, 7) is 1.74. The molecule has 146 valence electrons. The van der Waals surface area contributed by atoms with Crippen LogP contribution >= 0.6 is 0 Å². The highest BCUT2D eigenvalue weighted by Crippen LogP contribution is 2.17. The van der Waals surface area contributed by atoms with E-state index in [4.69, 9.17) is 4.52 Å². The lowest BCUT2D eigenvalue weighted by Gasteiger charge is -2.11. The Kier molecular flexibility index (Phi) is 4.34. The molecule has 0 unspecified atom stereocenters. The zero-order chi connectivity index (χ0) is 20.7. The number of aromatic nitrogens is 4. The third kappa shape index (κ3) is 3.22. The third-order valence-electron chi connectivity index (χ3n) is 4.68. The van der Waals surface area contributed by atoms with Gasteiger partial charge in [0.2, 0.25) is 11.7 Å². The molecular weight excluding hydrogens is 376 g/mol. The number of nitrogens with zero attached hydrogens (tertiary/aromatic N) is 4. The highest BCUT2D eigenvalue weighted by atomic mass is 16.5. The van der Waals surface area contributed by atoms with E-state index in [0.29, 0.717) is 17.2 Å². The molecule has 0 bridgehead atoms. The summed E-state index contributed by atoms with van der Waals surface area (Å²) in [5.41, 5.74) is 0.813. The van der Waals surface area contributed by atoms with Crippen LogP contribution in [0, 0.1) is 6.92 Å². The Balaban J connectivity index is 1.76. The number of fused-ring (bicyclic) bond motifs is 1. The van der Waals surface area contributed by atoms with Crippen molar-refractivity contribution in [2.24, 2.45) is 7.05 Å². The molecule has 0 atom stereocenters. The van der Waals surface area contributed by atoms with Crippen LogP contribution in [0.1, 0.15) is 21.8 Å². The van der Waals surface area contributed by atoms with E-state index in [1.54, 1.807) is 38.2 Å². The average molecular weight is 392 g/mol. The van der Waals surface area contributed by atoms with Crippen molar-refractivity contribution in [3.05, 3.63) is 80.3 Å². The van der Waals surface area contributed by atoms with Gasteiger partial charge in [-0.15, -0.1) is 0 Å². The van der Waals surface area contributed by atoms with E-state index in [9.17, 15) is 19.5 Å². The van der Waals surface area contributed by atoms with E-state index in [-0.39, 0.29) is 17.5 Å². The monoisotopic (exact) mass is 392 g/mol. The first-order valence-corrected chi connectivity index (χ1v) is 8.71. The van der Waals surface area contributed by atoms with Crippen molar-refractivity contribution in [2.45, 2.75) is 13.5 Å². The quantitative estimate of drug-likeness (QED) is 0.562. The fourth-order valence-corrected chi connectivity index (χ4v) is 3.15. The summed E-state index contributed by atoms with van der Waals surface area (Å²) in [6, 6.07) is 11.2. The summed E-state index contributed by atoms with van der Waals surface area (Å²) in [5, 5.41) is 13.2. The van der Waals surface area contributed by atoms with E-state index < -0.39 is 17.2 Å². The fourth-order valence-electron chi connectivity index (χ4n) is 3.15. The molecule has 0 aliphatic rings. The zero-order valence-electron chi connectivity index (χ0n) is 15.6. The van der Waals surface area contributed by atoms with Gasteiger partial charge < -0.3 is 9.63 Å². The van der Waals surface area contributed by atoms with Crippen molar-refractivity contribution in [2.75, 3.05) is 0 Å². The normalized spacial score (nSPS) is 11.1. The molecule has 2 aromatic carbocycles. The first kappa shape index (κ1) is 18.4. The highest BCUT2D eigenvalue weighted by Gasteiger charge is 2.14. The lowest BCUT2D eigenvalue weighted by molar-refractivity contribution is 0.0697. The molecule has 0 fully saturated rings. The van der Waals surface area contributed by atoms with Crippen LogP contribution in [0.2, 0.25) is 0 Å². The Labute approximate surface area is 163 Å². The maximum Gasteiger partial charge on any atom is 0.335 e. The lowest BCUT2D eigenvalue weighted by atomic mass is 10.1. The Bertz CT molecular complexity index is 1360. The Morgan fingerprint density at radius 1 is 1.14 bits per heavy atom. The molecule has 0 spiro atoms. The molecule has 4 aromatic rings. The van der Waals surface area contributed by atoms with E-state index in [1.807, 2.05) is 0 Å². The second kappa shape index (κ2) is 6.86. The molecule has 0 aliphatic carbocycles. The number of carboxylic acids is 1. The summed E-state index contributed by atoms with van der Waals surface area (Å²) >= 11 is 0. The number of carbonyl (C=O) groups is 1. The Morgan fingerprint density at radius 3 is 2.48 bits per heavy atom. The zero-order valence-corrected chi connectivity index (χ0v) is 15.6. The molecule has 0 saturated carbocycles. The largest absolute Gasteiger partial charge is 0.478 e. The first-order valence-electron chi connectivity index (χ1n) is 8.71. The molecule has 4 rings (SSSR count). The molecule has 0 radical (unpaired) electrons. The molecule has 9 heteroatoms. The molecule has 29 heavy (non-hydrogen) atoms. The van der Waals surface area contributed by atoms with Crippen molar-refractivity contribution in [3.8, 4) is 11.4 Å². The van der Waals surface area contributed by atoms with Crippen molar-refractivity contribution in [1.82, 2.24) is 19.3 Å². The van der Waals surface area contributed by atoms with Gasteiger partial charge in [-0.2, -0.15) is 4.98 Å². The predicted octanol–water partition coefficient (Wildman–Crippen LogP) is 1.81. The minimum absolute atomic E-state index is 0.0143. The van der Waals surface area contributed by atoms with E-state index in [1.165, 1.54) is 22.8 Å². The Hall–Kier alpha value is -4.01. The number of hydrogen-bond acceptors (Lipinski definition) is 6.